The molecule has 1 aliphatic heterocycles. The average molecular weight is 422 g/mol. The standard InChI is InChI=1S/C26H35N3O2/c1-18(2)20(4)27-25(30)22-14-16-29(17-15-22)24(21-8-6-5-7-9-21)26(31)28-23-12-10-19(3)11-13-23/h5-13,18,20,22,24H,14-17H2,1-4H3,(H,27,30)(H,28,31)/t20-,24+/m0/s1. The molecule has 0 saturated carbocycles. The van der Waals surface area contributed by atoms with Crippen LogP contribution in [0.15, 0.2) is 54.6 Å². The van der Waals surface area contributed by atoms with Crippen molar-refractivity contribution in [2.24, 2.45) is 11.8 Å². The van der Waals surface area contributed by atoms with E-state index in [-0.39, 0.29) is 29.8 Å². The Balaban J connectivity index is 1.69. The normalized spacial score (nSPS) is 17.2. The van der Waals surface area contributed by atoms with Gasteiger partial charge in [0.2, 0.25) is 11.8 Å². The predicted molar refractivity (Wildman–Crippen MR) is 126 cm³/mol. The number of amides is 2. The van der Waals surface area contributed by atoms with Gasteiger partial charge in [-0.1, -0.05) is 61.9 Å². The second-order valence-electron chi connectivity index (χ2n) is 9.02. The van der Waals surface area contributed by atoms with Gasteiger partial charge in [0, 0.05) is 17.6 Å². The van der Waals surface area contributed by atoms with Crippen LogP contribution in [-0.4, -0.2) is 35.8 Å². The zero-order valence-electron chi connectivity index (χ0n) is 19.1. The maximum atomic E-state index is 13.3. The Hall–Kier alpha value is -2.66. The molecule has 2 amide bonds. The summed E-state index contributed by atoms with van der Waals surface area (Å²) in [5.41, 5.74) is 2.93. The van der Waals surface area contributed by atoms with Gasteiger partial charge in [-0.25, -0.2) is 0 Å². The van der Waals surface area contributed by atoms with E-state index < -0.39 is 0 Å². The van der Waals surface area contributed by atoms with E-state index in [1.807, 2.05) is 61.5 Å². The van der Waals surface area contributed by atoms with Crippen molar-refractivity contribution >= 4 is 17.5 Å². The highest BCUT2D eigenvalue weighted by Crippen LogP contribution is 2.28. The zero-order valence-corrected chi connectivity index (χ0v) is 19.1. The van der Waals surface area contributed by atoms with Crippen LogP contribution in [0.4, 0.5) is 5.69 Å². The van der Waals surface area contributed by atoms with Crippen molar-refractivity contribution < 1.29 is 9.59 Å². The van der Waals surface area contributed by atoms with E-state index in [1.54, 1.807) is 0 Å². The molecule has 1 aliphatic rings. The molecule has 166 valence electrons. The van der Waals surface area contributed by atoms with E-state index in [2.05, 4.69) is 36.3 Å². The smallest absolute Gasteiger partial charge is 0.246 e. The third kappa shape index (κ3) is 6.17. The molecule has 0 aromatic heterocycles. The number of carbonyl (C=O) groups is 2. The summed E-state index contributed by atoms with van der Waals surface area (Å²) >= 11 is 0. The fraction of sp³-hybridized carbons (Fsp3) is 0.462. The zero-order chi connectivity index (χ0) is 22.4. The summed E-state index contributed by atoms with van der Waals surface area (Å²) in [6.07, 6.45) is 1.52. The van der Waals surface area contributed by atoms with Crippen molar-refractivity contribution in [3.8, 4) is 0 Å². The van der Waals surface area contributed by atoms with Crippen LogP contribution < -0.4 is 10.6 Å². The number of anilines is 1. The van der Waals surface area contributed by atoms with E-state index in [0.29, 0.717) is 5.92 Å². The van der Waals surface area contributed by atoms with E-state index >= 15 is 0 Å². The van der Waals surface area contributed by atoms with E-state index in [1.165, 1.54) is 0 Å². The van der Waals surface area contributed by atoms with Crippen LogP contribution in [0.3, 0.4) is 0 Å². The summed E-state index contributed by atoms with van der Waals surface area (Å²) in [4.78, 5) is 28.2. The first kappa shape index (κ1) is 23.0. The molecule has 1 saturated heterocycles. The highest BCUT2D eigenvalue weighted by molar-refractivity contribution is 5.95. The number of nitrogens with one attached hydrogen (secondary N) is 2. The monoisotopic (exact) mass is 421 g/mol. The number of benzene rings is 2. The van der Waals surface area contributed by atoms with Gasteiger partial charge < -0.3 is 10.6 Å². The van der Waals surface area contributed by atoms with E-state index in [9.17, 15) is 9.59 Å². The van der Waals surface area contributed by atoms with Crippen molar-refractivity contribution in [2.75, 3.05) is 18.4 Å². The summed E-state index contributed by atoms with van der Waals surface area (Å²) in [7, 11) is 0. The minimum atomic E-state index is -0.374. The molecule has 0 unspecified atom stereocenters. The number of carbonyl (C=O) groups excluding carboxylic acids is 2. The lowest BCUT2D eigenvalue weighted by Crippen LogP contribution is -2.47. The lowest BCUT2D eigenvalue weighted by Gasteiger charge is -2.37. The molecule has 0 radical (unpaired) electrons. The summed E-state index contributed by atoms with van der Waals surface area (Å²) in [5.74, 6) is 0.526. The molecule has 31 heavy (non-hydrogen) atoms. The molecule has 3 rings (SSSR count). The topological polar surface area (TPSA) is 61.4 Å². The van der Waals surface area contributed by atoms with Crippen molar-refractivity contribution in [3.63, 3.8) is 0 Å². The number of hydrogen-bond acceptors (Lipinski definition) is 3. The van der Waals surface area contributed by atoms with Crippen molar-refractivity contribution in [1.29, 1.82) is 0 Å². The molecule has 2 atom stereocenters. The largest absolute Gasteiger partial charge is 0.353 e. The van der Waals surface area contributed by atoms with Gasteiger partial charge in [-0.3, -0.25) is 14.5 Å². The van der Waals surface area contributed by atoms with Gasteiger partial charge >= 0.3 is 0 Å². The van der Waals surface area contributed by atoms with Crippen LogP contribution in [0.2, 0.25) is 0 Å². The maximum absolute atomic E-state index is 13.3. The summed E-state index contributed by atoms with van der Waals surface area (Å²) in [5, 5.41) is 6.23. The van der Waals surface area contributed by atoms with Gasteiger partial charge in [-0.15, -0.1) is 0 Å². The number of piperidine rings is 1. The van der Waals surface area contributed by atoms with Crippen LogP contribution in [0.25, 0.3) is 0 Å². The summed E-state index contributed by atoms with van der Waals surface area (Å²) in [6.45, 7) is 9.75. The Kier molecular flexibility index (Phi) is 7.85. The second kappa shape index (κ2) is 10.6. The molecular weight excluding hydrogens is 386 g/mol. The molecule has 0 spiro atoms. The highest BCUT2D eigenvalue weighted by atomic mass is 16.2. The van der Waals surface area contributed by atoms with Gasteiger partial charge in [0.25, 0.3) is 0 Å². The van der Waals surface area contributed by atoms with Crippen molar-refractivity contribution in [2.45, 2.75) is 52.6 Å². The third-order valence-corrected chi connectivity index (χ3v) is 6.32. The molecule has 1 heterocycles. The van der Waals surface area contributed by atoms with Crippen molar-refractivity contribution in [3.05, 3.63) is 65.7 Å². The van der Waals surface area contributed by atoms with Crippen LogP contribution in [0.5, 0.6) is 0 Å². The van der Waals surface area contributed by atoms with Gasteiger partial charge in [-0.05, 0) is 63.4 Å². The number of likely N-dealkylation sites (tertiary alicyclic amines) is 1. The van der Waals surface area contributed by atoms with E-state index in [4.69, 9.17) is 0 Å². The van der Waals surface area contributed by atoms with Crippen LogP contribution in [0.1, 0.15) is 50.8 Å². The molecule has 0 aliphatic carbocycles. The number of rotatable bonds is 7. The lowest BCUT2D eigenvalue weighted by molar-refractivity contribution is -0.128. The molecule has 2 N–H and O–H groups in total. The molecular formula is C26H35N3O2. The Labute approximate surface area is 186 Å². The maximum Gasteiger partial charge on any atom is 0.246 e. The fourth-order valence-electron chi connectivity index (χ4n) is 3.94. The second-order valence-corrected chi connectivity index (χ2v) is 9.02. The first-order valence-electron chi connectivity index (χ1n) is 11.3. The third-order valence-electron chi connectivity index (χ3n) is 6.32. The van der Waals surface area contributed by atoms with Gasteiger partial charge in [-0.2, -0.15) is 0 Å². The SMILES string of the molecule is Cc1ccc(NC(=O)[C@@H](c2ccccc2)N2CCC(C(=O)N[C@@H](C)C(C)C)CC2)cc1. The van der Waals surface area contributed by atoms with Crippen LogP contribution >= 0.6 is 0 Å². The molecule has 1 fully saturated rings. The molecule has 2 aromatic rings. The summed E-state index contributed by atoms with van der Waals surface area (Å²) in [6, 6.07) is 17.6. The highest BCUT2D eigenvalue weighted by Gasteiger charge is 2.33. The Morgan fingerprint density at radius 1 is 0.935 bits per heavy atom. The first-order valence-corrected chi connectivity index (χ1v) is 11.3. The Morgan fingerprint density at radius 2 is 1.55 bits per heavy atom. The Morgan fingerprint density at radius 3 is 2.13 bits per heavy atom. The lowest BCUT2D eigenvalue weighted by atomic mass is 9.92. The minimum Gasteiger partial charge on any atom is -0.353 e. The van der Waals surface area contributed by atoms with Gasteiger partial charge in [0.15, 0.2) is 0 Å². The number of aryl methyl sites for hydroxylation is 1. The van der Waals surface area contributed by atoms with Crippen molar-refractivity contribution in [1.82, 2.24) is 10.2 Å². The summed E-state index contributed by atoms with van der Waals surface area (Å²) < 4.78 is 0. The van der Waals surface area contributed by atoms with E-state index in [0.717, 1.165) is 42.7 Å². The Bertz CT molecular complexity index is 856. The van der Waals surface area contributed by atoms with Crippen LogP contribution in [0, 0.1) is 18.8 Å². The molecule has 5 nitrogen and oxygen atoms in total. The van der Waals surface area contributed by atoms with Gasteiger partial charge in [0.1, 0.15) is 6.04 Å². The van der Waals surface area contributed by atoms with Crippen LogP contribution in [-0.2, 0) is 9.59 Å². The average Bonchev–Trinajstić information content (AvgIpc) is 2.76. The number of nitrogens with zero attached hydrogens (tertiary/aromatic N) is 1. The number of hydrogen-bond donors (Lipinski definition) is 2. The van der Waals surface area contributed by atoms with Gasteiger partial charge in [0.05, 0.1) is 0 Å². The fourth-order valence-corrected chi connectivity index (χ4v) is 3.94. The molecule has 5 heteroatoms. The molecule has 2 aromatic carbocycles. The first-order chi connectivity index (χ1) is 14.8. The quantitative estimate of drug-likeness (QED) is 0.690. The molecule has 0 bridgehead atoms. The minimum absolute atomic E-state index is 0.00836. The predicted octanol–water partition coefficient (Wildman–Crippen LogP) is 4.55.